The Labute approximate surface area is 150 Å². The maximum absolute atomic E-state index is 11.8. The zero-order valence-corrected chi connectivity index (χ0v) is 15.6. The van der Waals surface area contributed by atoms with E-state index in [9.17, 15) is 4.79 Å². The maximum Gasteiger partial charge on any atom is 0.234 e. The predicted molar refractivity (Wildman–Crippen MR) is 97.2 cm³/mol. The average molecular weight is 372 g/mol. The first-order valence-corrected chi connectivity index (χ1v) is 8.86. The molecule has 0 saturated heterocycles. The summed E-state index contributed by atoms with van der Waals surface area (Å²) < 4.78 is 0. The molecule has 1 heterocycles. The van der Waals surface area contributed by atoms with Crippen molar-refractivity contribution in [3.8, 4) is 11.3 Å². The summed E-state index contributed by atoms with van der Waals surface area (Å²) in [7, 11) is 1.90. The first-order valence-electron chi connectivity index (χ1n) is 7.23. The first-order chi connectivity index (χ1) is 10.8. The Morgan fingerprint density at radius 1 is 1.39 bits per heavy atom. The molecule has 7 heteroatoms. The third-order valence-corrected chi connectivity index (χ3v) is 4.41. The molecular weight excluding hydrogens is 353 g/mol. The highest BCUT2D eigenvalue weighted by Gasteiger charge is 2.12. The fourth-order valence-electron chi connectivity index (χ4n) is 2.10. The van der Waals surface area contributed by atoms with Gasteiger partial charge in [0.1, 0.15) is 5.01 Å². The number of hydrogen-bond acceptors (Lipinski definition) is 4. The molecule has 0 radical (unpaired) electrons. The van der Waals surface area contributed by atoms with Crippen LogP contribution in [0.1, 0.15) is 18.9 Å². The van der Waals surface area contributed by atoms with Crippen LogP contribution in [-0.4, -0.2) is 35.4 Å². The van der Waals surface area contributed by atoms with E-state index in [2.05, 4.69) is 10.3 Å². The second-order valence-corrected chi connectivity index (χ2v) is 7.43. The van der Waals surface area contributed by atoms with E-state index >= 15 is 0 Å². The van der Waals surface area contributed by atoms with Crippen molar-refractivity contribution in [1.29, 1.82) is 0 Å². The Balaban J connectivity index is 2.00. The van der Waals surface area contributed by atoms with Crippen molar-refractivity contribution in [3.63, 3.8) is 0 Å². The lowest BCUT2D eigenvalue weighted by Gasteiger charge is -2.16. The summed E-state index contributed by atoms with van der Waals surface area (Å²) >= 11 is 13.7. The summed E-state index contributed by atoms with van der Waals surface area (Å²) in [5, 5.41) is 6.96. The minimum absolute atomic E-state index is 0.0139. The molecular formula is C16H19Cl2N3OS. The fourth-order valence-corrected chi connectivity index (χ4v) is 3.48. The summed E-state index contributed by atoms with van der Waals surface area (Å²) in [6, 6.07) is 5.52. The van der Waals surface area contributed by atoms with Gasteiger partial charge >= 0.3 is 0 Å². The average Bonchev–Trinajstić information content (AvgIpc) is 2.85. The Morgan fingerprint density at radius 2 is 2.13 bits per heavy atom. The van der Waals surface area contributed by atoms with E-state index in [1.54, 1.807) is 23.5 Å². The van der Waals surface area contributed by atoms with Crippen molar-refractivity contribution in [2.45, 2.75) is 26.4 Å². The lowest BCUT2D eigenvalue weighted by molar-refractivity contribution is -0.122. The highest BCUT2D eigenvalue weighted by atomic mass is 35.5. The van der Waals surface area contributed by atoms with Crippen molar-refractivity contribution in [2.24, 2.45) is 0 Å². The van der Waals surface area contributed by atoms with Gasteiger partial charge in [-0.2, -0.15) is 0 Å². The van der Waals surface area contributed by atoms with Gasteiger partial charge < -0.3 is 5.32 Å². The second-order valence-electron chi connectivity index (χ2n) is 5.65. The Bertz CT molecular complexity index is 688. The van der Waals surface area contributed by atoms with Gasteiger partial charge in [0.05, 0.1) is 23.8 Å². The molecule has 0 atom stereocenters. The predicted octanol–water partition coefficient (Wildman–Crippen LogP) is 4.07. The van der Waals surface area contributed by atoms with Crippen LogP contribution in [0, 0.1) is 0 Å². The summed E-state index contributed by atoms with van der Waals surface area (Å²) in [6.45, 7) is 4.85. The minimum atomic E-state index is 0.0139. The molecule has 0 aliphatic heterocycles. The first kappa shape index (κ1) is 18.2. The van der Waals surface area contributed by atoms with Gasteiger partial charge in [0.2, 0.25) is 5.91 Å². The van der Waals surface area contributed by atoms with Crippen molar-refractivity contribution < 1.29 is 4.79 Å². The van der Waals surface area contributed by atoms with E-state index in [-0.39, 0.29) is 11.9 Å². The number of amides is 1. The van der Waals surface area contributed by atoms with Gasteiger partial charge in [-0.05, 0) is 39.1 Å². The number of nitrogens with zero attached hydrogens (tertiary/aromatic N) is 2. The summed E-state index contributed by atoms with van der Waals surface area (Å²) in [6.07, 6.45) is 0. The van der Waals surface area contributed by atoms with Crippen LogP contribution in [0.4, 0.5) is 0 Å². The van der Waals surface area contributed by atoms with E-state index in [1.165, 1.54) is 0 Å². The van der Waals surface area contributed by atoms with Crippen LogP contribution in [0.3, 0.4) is 0 Å². The number of rotatable bonds is 6. The molecule has 2 aromatic rings. The lowest BCUT2D eigenvalue weighted by atomic mass is 10.2. The van der Waals surface area contributed by atoms with E-state index in [0.717, 1.165) is 16.3 Å². The highest BCUT2D eigenvalue weighted by molar-refractivity contribution is 7.09. The van der Waals surface area contributed by atoms with Gasteiger partial charge in [-0.1, -0.05) is 23.2 Å². The zero-order chi connectivity index (χ0) is 17.0. The third kappa shape index (κ3) is 5.46. The number of aromatic nitrogens is 1. The van der Waals surface area contributed by atoms with Gasteiger partial charge in [-0.15, -0.1) is 11.3 Å². The van der Waals surface area contributed by atoms with Crippen LogP contribution in [0.5, 0.6) is 0 Å². The van der Waals surface area contributed by atoms with E-state index in [4.69, 9.17) is 23.2 Å². The van der Waals surface area contributed by atoms with Crippen molar-refractivity contribution in [3.05, 3.63) is 38.6 Å². The lowest BCUT2D eigenvalue weighted by Crippen LogP contribution is -2.38. The Morgan fingerprint density at radius 3 is 2.78 bits per heavy atom. The van der Waals surface area contributed by atoms with Crippen LogP contribution >= 0.6 is 34.5 Å². The van der Waals surface area contributed by atoms with Crippen LogP contribution in [0.2, 0.25) is 10.0 Å². The molecule has 1 aromatic carbocycles. The molecule has 1 aromatic heterocycles. The molecule has 0 aliphatic carbocycles. The largest absolute Gasteiger partial charge is 0.353 e. The van der Waals surface area contributed by atoms with Gasteiger partial charge in [0, 0.05) is 22.0 Å². The Kier molecular flexibility index (Phi) is 6.41. The number of likely N-dealkylation sites (N-methyl/N-ethyl adjacent to an activating group) is 1. The topological polar surface area (TPSA) is 45.2 Å². The van der Waals surface area contributed by atoms with Gasteiger partial charge in [0.15, 0.2) is 0 Å². The fraction of sp³-hybridized carbons (Fsp3) is 0.375. The molecule has 2 rings (SSSR count). The molecule has 4 nitrogen and oxygen atoms in total. The molecule has 1 N–H and O–H groups in total. The summed E-state index contributed by atoms with van der Waals surface area (Å²) in [5.41, 5.74) is 1.69. The van der Waals surface area contributed by atoms with E-state index < -0.39 is 0 Å². The standard InChI is InChI=1S/C16H19Cl2N3OS/c1-10(2)19-15(22)7-21(3)8-16-20-14(9-23-16)12-5-4-11(17)6-13(12)18/h4-6,9-10H,7-8H2,1-3H3,(H,19,22). The highest BCUT2D eigenvalue weighted by Crippen LogP contribution is 2.31. The number of nitrogens with one attached hydrogen (secondary N) is 1. The molecule has 0 saturated carbocycles. The monoisotopic (exact) mass is 371 g/mol. The second kappa shape index (κ2) is 8.11. The number of carbonyl (C=O) groups is 1. The normalized spacial score (nSPS) is 11.3. The van der Waals surface area contributed by atoms with Gasteiger partial charge in [-0.25, -0.2) is 4.98 Å². The molecule has 124 valence electrons. The molecule has 1 amide bonds. The Hall–Kier alpha value is -1.14. The van der Waals surface area contributed by atoms with Crippen LogP contribution < -0.4 is 5.32 Å². The van der Waals surface area contributed by atoms with E-state index in [0.29, 0.717) is 23.1 Å². The van der Waals surface area contributed by atoms with Gasteiger partial charge in [0.25, 0.3) is 0 Å². The molecule has 23 heavy (non-hydrogen) atoms. The molecule has 0 fully saturated rings. The zero-order valence-electron chi connectivity index (χ0n) is 13.3. The quantitative estimate of drug-likeness (QED) is 0.831. The van der Waals surface area contributed by atoms with Crippen molar-refractivity contribution >= 4 is 40.4 Å². The van der Waals surface area contributed by atoms with Crippen molar-refractivity contribution in [1.82, 2.24) is 15.2 Å². The number of hydrogen-bond donors (Lipinski definition) is 1. The molecule has 0 aliphatic rings. The van der Waals surface area contributed by atoms with Crippen LogP contribution in [-0.2, 0) is 11.3 Å². The molecule has 0 bridgehead atoms. The van der Waals surface area contributed by atoms with Gasteiger partial charge in [-0.3, -0.25) is 9.69 Å². The number of carbonyl (C=O) groups excluding carboxylic acids is 1. The van der Waals surface area contributed by atoms with E-state index in [1.807, 2.05) is 37.2 Å². The van der Waals surface area contributed by atoms with Crippen LogP contribution in [0.15, 0.2) is 23.6 Å². The van der Waals surface area contributed by atoms with Crippen LogP contribution in [0.25, 0.3) is 11.3 Å². The summed E-state index contributed by atoms with van der Waals surface area (Å²) in [4.78, 5) is 18.3. The summed E-state index contributed by atoms with van der Waals surface area (Å²) in [5.74, 6) is 0.0139. The third-order valence-electron chi connectivity index (χ3n) is 3.03. The minimum Gasteiger partial charge on any atom is -0.353 e. The number of benzene rings is 1. The molecule has 0 unspecified atom stereocenters. The number of halogens is 2. The smallest absolute Gasteiger partial charge is 0.234 e. The van der Waals surface area contributed by atoms with Crippen molar-refractivity contribution in [2.75, 3.05) is 13.6 Å². The molecule has 0 spiro atoms. The number of thiazole rings is 1. The SMILES string of the molecule is CC(C)NC(=O)CN(C)Cc1nc(-c2ccc(Cl)cc2Cl)cs1. The maximum atomic E-state index is 11.8.